The first kappa shape index (κ1) is 18.9. The number of benzene rings is 1. The van der Waals surface area contributed by atoms with Crippen LogP contribution < -0.4 is 10.6 Å². The van der Waals surface area contributed by atoms with E-state index >= 15 is 0 Å². The highest BCUT2D eigenvalue weighted by Gasteiger charge is 2.11. The number of hydrogen-bond acceptors (Lipinski definition) is 4. The molecule has 0 bridgehead atoms. The number of rotatable bonds is 8. The van der Waals surface area contributed by atoms with Gasteiger partial charge in [-0.25, -0.2) is 0 Å². The van der Waals surface area contributed by atoms with Crippen LogP contribution in [-0.2, 0) is 11.3 Å². The van der Waals surface area contributed by atoms with Crippen molar-refractivity contribution in [2.45, 2.75) is 19.4 Å². The third-order valence-electron chi connectivity index (χ3n) is 4.54. The number of nitrogens with one attached hydrogen (secondary N) is 2. The Morgan fingerprint density at radius 2 is 1.85 bits per heavy atom. The van der Waals surface area contributed by atoms with Crippen molar-refractivity contribution in [3.05, 3.63) is 65.6 Å². The van der Waals surface area contributed by atoms with Gasteiger partial charge in [-0.05, 0) is 61.8 Å². The average Bonchev–Trinajstić information content (AvgIpc) is 3.39. The molecule has 0 radical (unpaired) electrons. The summed E-state index contributed by atoms with van der Waals surface area (Å²) in [4.78, 5) is 26.3. The number of carbonyl (C=O) groups excluding carboxylic acids is 2. The largest absolute Gasteiger partial charge is 0.465 e. The number of hydrogen-bond donors (Lipinski definition) is 2. The van der Waals surface area contributed by atoms with Gasteiger partial charge in [-0.3, -0.25) is 9.59 Å². The molecule has 1 aliphatic rings. The van der Waals surface area contributed by atoms with Crippen molar-refractivity contribution in [2.24, 2.45) is 0 Å². The van der Waals surface area contributed by atoms with Crippen LogP contribution in [0.5, 0.6) is 0 Å². The highest BCUT2D eigenvalue weighted by atomic mass is 16.3. The van der Waals surface area contributed by atoms with Crippen LogP contribution in [0.15, 0.2) is 53.2 Å². The van der Waals surface area contributed by atoms with Gasteiger partial charge in [0.1, 0.15) is 5.76 Å². The fraction of sp³-hybridized carbons (Fsp3) is 0.333. The quantitative estimate of drug-likeness (QED) is 0.703. The van der Waals surface area contributed by atoms with E-state index in [0.29, 0.717) is 24.4 Å². The molecule has 0 spiro atoms. The molecule has 6 nitrogen and oxygen atoms in total. The van der Waals surface area contributed by atoms with E-state index in [-0.39, 0.29) is 11.8 Å². The smallest absolute Gasteiger partial charge is 0.251 e. The lowest BCUT2D eigenvalue weighted by molar-refractivity contribution is -0.116. The molecule has 0 unspecified atom stereocenters. The lowest BCUT2D eigenvalue weighted by atomic mass is 10.1. The summed E-state index contributed by atoms with van der Waals surface area (Å²) in [7, 11) is 0. The van der Waals surface area contributed by atoms with Gasteiger partial charge in [0, 0.05) is 31.3 Å². The van der Waals surface area contributed by atoms with Gasteiger partial charge in [-0.1, -0.05) is 12.1 Å². The van der Waals surface area contributed by atoms with E-state index < -0.39 is 0 Å². The van der Waals surface area contributed by atoms with E-state index in [1.165, 1.54) is 18.9 Å². The highest BCUT2D eigenvalue weighted by molar-refractivity contribution is 5.94. The topological polar surface area (TPSA) is 74.6 Å². The molecule has 2 aromatic rings. The first-order valence-corrected chi connectivity index (χ1v) is 9.29. The molecule has 0 atom stereocenters. The van der Waals surface area contributed by atoms with Crippen molar-refractivity contribution < 1.29 is 14.0 Å². The van der Waals surface area contributed by atoms with E-state index in [2.05, 4.69) is 15.5 Å². The number of furan rings is 1. The normalized spacial score (nSPS) is 14.5. The molecule has 2 amide bonds. The molecule has 6 heteroatoms. The van der Waals surface area contributed by atoms with Gasteiger partial charge in [-0.15, -0.1) is 0 Å². The van der Waals surface area contributed by atoms with E-state index in [1.807, 2.05) is 12.1 Å². The van der Waals surface area contributed by atoms with Crippen molar-refractivity contribution in [2.75, 3.05) is 26.2 Å². The number of nitrogens with zero attached hydrogens (tertiary/aromatic N) is 1. The van der Waals surface area contributed by atoms with Gasteiger partial charge < -0.3 is 20.0 Å². The first-order chi connectivity index (χ1) is 13.2. The summed E-state index contributed by atoms with van der Waals surface area (Å²) in [6.45, 7) is 4.23. The van der Waals surface area contributed by atoms with Crippen molar-refractivity contribution in [3.63, 3.8) is 0 Å². The molecule has 1 aliphatic heterocycles. The molecule has 2 N–H and O–H groups in total. The van der Waals surface area contributed by atoms with Crippen LogP contribution in [0.3, 0.4) is 0 Å². The Hall–Kier alpha value is -2.86. The predicted molar refractivity (Wildman–Crippen MR) is 104 cm³/mol. The molecule has 3 rings (SSSR count). The molecular formula is C21H25N3O3. The van der Waals surface area contributed by atoms with Gasteiger partial charge in [0.15, 0.2) is 0 Å². The zero-order valence-electron chi connectivity index (χ0n) is 15.3. The molecule has 1 aromatic heterocycles. The fourth-order valence-corrected chi connectivity index (χ4v) is 3.00. The summed E-state index contributed by atoms with van der Waals surface area (Å²) in [6.07, 6.45) is 7.11. The Kier molecular flexibility index (Phi) is 6.82. The molecule has 2 heterocycles. The molecule has 142 valence electrons. The van der Waals surface area contributed by atoms with Gasteiger partial charge in [0.25, 0.3) is 5.91 Å². The number of likely N-dealkylation sites (tertiary alicyclic amines) is 1. The minimum absolute atomic E-state index is 0.0637. The van der Waals surface area contributed by atoms with Crippen LogP contribution in [-0.4, -0.2) is 42.9 Å². The van der Waals surface area contributed by atoms with Crippen LogP contribution in [0.25, 0.3) is 6.08 Å². The van der Waals surface area contributed by atoms with Crippen LogP contribution >= 0.6 is 0 Å². The number of amides is 2. The summed E-state index contributed by atoms with van der Waals surface area (Å²) in [5.74, 6) is 0.367. The van der Waals surface area contributed by atoms with Gasteiger partial charge in [-0.2, -0.15) is 0 Å². The standard InChI is InChI=1S/C21H25N3O3/c25-20(10-9-19-4-3-15-27-19)23-16-17-5-7-18(8-6-17)21(26)22-11-14-24-12-1-2-13-24/h3-10,15H,1-2,11-14,16H2,(H,22,26)(H,23,25)/b10-9+. The molecule has 27 heavy (non-hydrogen) atoms. The molecule has 1 fully saturated rings. The van der Waals surface area contributed by atoms with Crippen LogP contribution in [0.1, 0.15) is 34.5 Å². The Balaban J connectivity index is 1.39. The summed E-state index contributed by atoms with van der Waals surface area (Å²) in [6, 6.07) is 10.8. The van der Waals surface area contributed by atoms with Crippen molar-refractivity contribution in [1.82, 2.24) is 15.5 Å². The van der Waals surface area contributed by atoms with Gasteiger partial charge in [0.05, 0.1) is 6.26 Å². The maximum Gasteiger partial charge on any atom is 0.251 e. The van der Waals surface area contributed by atoms with Crippen molar-refractivity contribution in [3.8, 4) is 0 Å². The Bertz CT molecular complexity index is 760. The third kappa shape index (κ3) is 6.11. The molecule has 1 aromatic carbocycles. The molecule has 1 saturated heterocycles. The molecule has 0 saturated carbocycles. The first-order valence-electron chi connectivity index (χ1n) is 9.29. The maximum absolute atomic E-state index is 12.2. The van der Waals surface area contributed by atoms with E-state index in [1.54, 1.807) is 36.6 Å². The number of carbonyl (C=O) groups is 2. The van der Waals surface area contributed by atoms with Crippen molar-refractivity contribution >= 4 is 17.9 Å². The average molecular weight is 367 g/mol. The molecule has 0 aliphatic carbocycles. The summed E-state index contributed by atoms with van der Waals surface area (Å²) >= 11 is 0. The maximum atomic E-state index is 12.2. The summed E-state index contributed by atoms with van der Waals surface area (Å²) < 4.78 is 5.13. The van der Waals surface area contributed by atoms with Crippen molar-refractivity contribution in [1.29, 1.82) is 0 Å². The monoisotopic (exact) mass is 367 g/mol. The zero-order valence-corrected chi connectivity index (χ0v) is 15.3. The minimum Gasteiger partial charge on any atom is -0.465 e. The van der Waals surface area contributed by atoms with E-state index in [9.17, 15) is 9.59 Å². The fourth-order valence-electron chi connectivity index (χ4n) is 3.00. The third-order valence-corrected chi connectivity index (χ3v) is 4.54. The Morgan fingerprint density at radius 3 is 2.56 bits per heavy atom. The second-order valence-corrected chi connectivity index (χ2v) is 6.57. The second-order valence-electron chi connectivity index (χ2n) is 6.57. The van der Waals surface area contributed by atoms with Crippen LogP contribution in [0.4, 0.5) is 0 Å². The Morgan fingerprint density at radius 1 is 1.07 bits per heavy atom. The van der Waals surface area contributed by atoms with Crippen LogP contribution in [0, 0.1) is 0 Å². The highest BCUT2D eigenvalue weighted by Crippen LogP contribution is 2.07. The molecular weight excluding hydrogens is 342 g/mol. The van der Waals surface area contributed by atoms with Gasteiger partial charge in [0.2, 0.25) is 5.91 Å². The summed E-state index contributed by atoms with van der Waals surface area (Å²) in [5, 5.41) is 5.76. The predicted octanol–water partition coefficient (Wildman–Crippen LogP) is 2.43. The lowest BCUT2D eigenvalue weighted by Gasteiger charge is -2.14. The van der Waals surface area contributed by atoms with Gasteiger partial charge >= 0.3 is 0 Å². The zero-order chi connectivity index (χ0) is 18.9. The van der Waals surface area contributed by atoms with E-state index in [0.717, 1.165) is 25.2 Å². The SMILES string of the molecule is O=C(/C=C/c1ccco1)NCc1ccc(C(=O)NCCN2CCCC2)cc1. The summed E-state index contributed by atoms with van der Waals surface area (Å²) in [5.41, 5.74) is 1.56. The minimum atomic E-state index is -0.199. The van der Waals surface area contributed by atoms with Crippen LogP contribution in [0.2, 0.25) is 0 Å². The van der Waals surface area contributed by atoms with E-state index in [4.69, 9.17) is 4.42 Å². The Labute approximate surface area is 159 Å². The second kappa shape index (κ2) is 9.73. The lowest BCUT2D eigenvalue weighted by Crippen LogP contribution is -2.33.